The van der Waals surface area contributed by atoms with E-state index in [1.165, 1.54) is 12.1 Å². The van der Waals surface area contributed by atoms with Crippen molar-refractivity contribution in [2.45, 2.75) is 39.5 Å². The highest BCUT2D eigenvalue weighted by atomic mass is 19.4. The van der Waals surface area contributed by atoms with E-state index in [9.17, 15) is 27.9 Å². The molecule has 0 aromatic heterocycles. The van der Waals surface area contributed by atoms with Gasteiger partial charge in [0.15, 0.2) is 0 Å². The van der Waals surface area contributed by atoms with Gasteiger partial charge < -0.3 is 15.7 Å². The Morgan fingerprint density at radius 3 is 2.29 bits per heavy atom. The van der Waals surface area contributed by atoms with E-state index in [1.54, 1.807) is 20.8 Å². The Hall–Kier alpha value is -2.09. The summed E-state index contributed by atoms with van der Waals surface area (Å²) in [5.74, 6) is -2.22. The molecule has 5 nitrogen and oxygen atoms in total. The number of rotatable bonds is 5. The van der Waals surface area contributed by atoms with E-state index in [0.717, 1.165) is 12.1 Å². The molecule has 0 bridgehead atoms. The Labute approximate surface area is 138 Å². The maximum atomic E-state index is 12.9. The van der Waals surface area contributed by atoms with Gasteiger partial charge in [-0.1, -0.05) is 26.0 Å². The number of nitrogens with one attached hydrogen (secondary N) is 2. The van der Waals surface area contributed by atoms with Gasteiger partial charge in [-0.3, -0.25) is 9.59 Å². The van der Waals surface area contributed by atoms with Crippen LogP contribution in [0.3, 0.4) is 0 Å². The maximum absolute atomic E-state index is 12.9. The second-order valence-electron chi connectivity index (χ2n) is 6.40. The van der Waals surface area contributed by atoms with E-state index < -0.39 is 40.8 Å². The van der Waals surface area contributed by atoms with Crippen LogP contribution < -0.4 is 10.6 Å². The van der Waals surface area contributed by atoms with E-state index in [-0.39, 0.29) is 6.54 Å². The Balaban J connectivity index is 2.71. The van der Waals surface area contributed by atoms with Crippen LogP contribution in [0.15, 0.2) is 24.3 Å². The Bertz CT molecular complexity index is 598. The van der Waals surface area contributed by atoms with Crippen LogP contribution in [0, 0.1) is 5.41 Å². The molecule has 1 atom stereocenters. The first-order valence-electron chi connectivity index (χ1n) is 7.36. The van der Waals surface area contributed by atoms with Crippen molar-refractivity contribution in [3.8, 4) is 0 Å². The van der Waals surface area contributed by atoms with Crippen LogP contribution in [0.1, 0.15) is 32.8 Å². The summed E-state index contributed by atoms with van der Waals surface area (Å²) in [4.78, 5) is 23.6. The average molecular weight is 346 g/mol. The SMILES string of the molecule is CC(O)CC(C)(C)CNC(=O)C(=O)Nc1ccccc1C(F)(F)F. The molecule has 0 aliphatic rings. The largest absolute Gasteiger partial charge is 0.418 e. The number of amides is 2. The lowest BCUT2D eigenvalue weighted by Crippen LogP contribution is -2.41. The zero-order valence-corrected chi connectivity index (χ0v) is 13.7. The minimum absolute atomic E-state index is 0.102. The first kappa shape index (κ1) is 20.0. The summed E-state index contributed by atoms with van der Waals surface area (Å²) >= 11 is 0. The number of halogens is 3. The molecule has 0 radical (unpaired) electrons. The highest BCUT2D eigenvalue weighted by Gasteiger charge is 2.34. The third kappa shape index (κ3) is 6.19. The fourth-order valence-corrected chi connectivity index (χ4v) is 2.29. The molecule has 134 valence electrons. The molecule has 0 aliphatic carbocycles. The van der Waals surface area contributed by atoms with Crippen molar-refractivity contribution in [2.24, 2.45) is 5.41 Å². The van der Waals surface area contributed by atoms with Crippen LogP contribution >= 0.6 is 0 Å². The number of benzene rings is 1. The Kier molecular flexibility index (Phi) is 6.36. The quantitative estimate of drug-likeness (QED) is 0.717. The number of alkyl halides is 3. The summed E-state index contributed by atoms with van der Waals surface area (Å²) in [6, 6.07) is 4.41. The predicted molar refractivity (Wildman–Crippen MR) is 83.2 cm³/mol. The van der Waals surface area contributed by atoms with Crippen LogP contribution in [0.25, 0.3) is 0 Å². The second-order valence-corrected chi connectivity index (χ2v) is 6.40. The third-order valence-electron chi connectivity index (χ3n) is 3.26. The average Bonchev–Trinajstić information content (AvgIpc) is 2.42. The van der Waals surface area contributed by atoms with E-state index in [1.807, 2.05) is 5.32 Å². The smallest absolute Gasteiger partial charge is 0.393 e. The van der Waals surface area contributed by atoms with Gasteiger partial charge in [0.05, 0.1) is 17.4 Å². The summed E-state index contributed by atoms with van der Waals surface area (Å²) in [6.45, 7) is 5.28. The number of aliphatic hydroxyl groups excluding tert-OH is 1. The number of carbonyl (C=O) groups excluding carboxylic acids is 2. The number of anilines is 1. The zero-order chi connectivity index (χ0) is 18.5. The minimum atomic E-state index is -4.64. The monoisotopic (exact) mass is 346 g/mol. The highest BCUT2D eigenvalue weighted by molar-refractivity contribution is 6.39. The van der Waals surface area contributed by atoms with Crippen molar-refractivity contribution in [2.75, 3.05) is 11.9 Å². The van der Waals surface area contributed by atoms with E-state index in [0.29, 0.717) is 6.42 Å². The molecule has 8 heteroatoms. The number of para-hydroxylation sites is 1. The lowest BCUT2D eigenvalue weighted by Gasteiger charge is -2.26. The normalized spacial score (nSPS) is 13.3. The molecule has 1 aromatic rings. The van der Waals surface area contributed by atoms with Crippen LogP contribution in [-0.2, 0) is 15.8 Å². The molecule has 1 aromatic carbocycles. The number of hydrogen-bond donors (Lipinski definition) is 3. The number of aliphatic hydroxyl groups is 1. The molecule has 0 spiro atoms. The lowest BCUT2D eigenvalue weighted by atomic mass is 9.87. The summed E-state index contributed by atoms with van der Waals surface area (Å²) in [6.07, 6.45) is -4.82. The Morgan fingerprint density at radius 1 is 1.17 bits per heavy atom. The van der Waals surface area contributed by atoms with E-state index >= 15 is 0 Å². The summed E-state index contributed by atoms with van der Waals surface area (Å²) in [5.41, 5.74) is -1.97. The standard InChI is InChI=1S/C16H21F3N2O3/c1-10(22)8-15(2,3)9-20-13(23)14(24)21-12-7-5-4-6-11(12)16(17,18)19/h4-7,10,22H,8-9H2,1-3H3,(H,20,23)(H,21,24). The first-order chi connectivity index (χ1) is 10.9. The van der Waals surface area contributed by atoms with Gasteiger partial charge in [-0.2, -0.15) is 13.2 Å². The van der Waals surface area contributed by atoms with Gasteiger partial charge in [-0.15, -0.1) is 0 Å². The molecule has 3 N–H and O–H groups in total. The van der Waals surface area contributed by atoms with E-state index in [4.69, 9.17) is 0 Å². The predicted octanol–water partition coefficient (Wildman–Crippen LogP) is 2.56. The molecule has 0 saturated carbocycles. The molecule has 1 rings (SSSR count). The molecular formula is C16H21F3N2O3. The Morgan fingerprint density at radius 2 is 1.75 bits per heavy atom. The van der Waals surface area contributed by atoms with Crippen molar-refractivity contribution in [1.29, 1.82) is 0 Å². The molecule has 0 aliphatic heterocycles. The maximum Gasteiger partial charge on any atom is 0.418 e. The molecule has 2 amide bonds. The van der Waals surface area contributed by atoms with Crippen molar-refractivity contribution in [1.82, 2.24) is 5.32 Å². The van der Waals surface area contributed by atoms with Gasteiger partial charge in [-0.05, 0) is 30.9 Å². The summed E-state index contributed by atoms with van der Waals surface area (Å²) in [5, 5.41) is 13.7. The second kappa shape index (κ2) is 7.65. The van der Waals surface area contributed by atoms with E-state index in [2.05, 4.69) is 5.32 Å². The highest BCUT2D eigenvalue weighted by Crippen LogP contribution is 2.34. The minimum Gasteiger partial charge on any atom is -0.393 e. The van der Waals surface area contributed by atoms with Crippen LogP contribution in [0.2, 0.25) is 0 Å². The van der Waals surface area contributed by atoms with Gasteiger partial charge in [0.1, 0.15) is 0 Å². The van der Waals surface area contributed by atoms with Crippen molar-refractivity contribution < 1.29 is 27.9 Å². The van der Waals surface area contributed by atoms with Crippen LogP contribution in [0.5, 0.6) is 0 Å². The molecule has 0 saturated heterocycles. The molecule has 1 unspecified atom stereocenters. The lowest BCUT2D eigenvalue weighted by molar-refractivity contribution is -0.138. The first-order valence-corrected chi connectivity index (χ1v) is 7.36. The van der Waals surface area contributed by atoms with Crippen molar-refractivity contribution in [3.63, 3.8) is 0 Å². The van der Waals surface area contributed by atoms with Crippen LogP contribution in [0.4, 0.5) is 18.9 Å². The number of carbonyl (C=O) groups is 2. The topological polar surface area (TPSA) is 78.4 Å². The van der Waals surface area contributed by atoms with Crippen LogP contribution in [-0.4, -0.2) is 29.6 Å². The van der Waals surface area contributed by atoms with Crippen molar-refractivity contribution >= 4 is 17.5 Å². The summed E-state index contributed by atoms with van der Waals surface area (Å²) < 4.78 is 38.6. The molecule has 24 heavy (non-hydrogen) atoms. The summed E-state index contributed by atoms with van der Waals surface area (Å²) in [7, 11) is 0. The zero-order valence-electron chi connectivity index (χ0n) is 13.7. The van der Waals surface area contributed by atoms with Gasteiger partial charge in [-0.25, -0.2) is 0 Å². The fraction of sp³-hybridized carbons (Fsp3) is 0.500. The fourth-order valence-electron chi connectivity index (χ4n) is 2.29. The van der Waals surface area contributed by atoms with Gasteiger partial charge >= 0.3 is 18.0 Å². The van der Waals surface area contributed by atoms with Gasteiger partial charge in [0.25, 0.3) is 0 Å². The number of hydrogen-bond acceptors (Lipinski definition) is 3. The molecule has 0 heterocycles. The third-order valence-corrected chi connectivity index (χ3v) is 3.26. The molecular weight excluding hydrogens is 325 g/mol. The van der Waals surface area contributed by atoms with Gasteiger partial charge in [0.2, 0.25) is 0 Å². The van der Waals surface area contributed by atoms with Gasteiger partial charge in [0, 0.05) is 6.54 Å². The van der Waals surface area contributed by atoms with Crippen molar-refractivity contribution in [3.05, 3.63) is 29.8 Å². The molecule has 0 fully saturated rings.